The van der Waals surface area contributed by atoms with Crippen LogP contribution in [0.3, 0.4) is 0 Å². The summed E-state index contributed by atoms with van der Waals surface area (Å²) in [6, 6.07) is 85.1. The molecule has 3 nitrogen and oxygen atoms in total. The molecule has 0 saturated carbocycles. The predicted octanol–water partition coefficient (Wildman–Crippen LogP) is 16.7. The molecule has 12 aromatic rings. The first-order valence-electron chi connectivity index (χ1n) is 21.9. The highest BCUT2D eigenvalue weighted by atomic mass is 16.3. The highest BCUT2D eigenvalue weighted by Crippen LogP contribution is 2.57. The summed E-state index contributed by atoms with van der Waals surface area (Å²) in [6.45, 7) is 0. The van der Waals surface area contributed by atoms with E-state index in [0.717, 1.165) is 72.1 Å². The van der Waals surface area contributed by atoms with Crippen LogP contribution in [0.5, 0.6) is 0 Å². The Kier molecular flexibility index (Phi) is 8.13. The van der Waals surface area contributed by atoms with E-state index in [1.54, 1.807) is 0 Å². The van der Waals surface area contributed by atoms with Crippen LogP contribution in [0.25, 0.3) is 77.3 Å². The molecule has 0 spiro atoms. The molecule has 10 aromatic carbocycles. The van der Waals surface area contributed by atoms with Gasteiger partial charge in [-0.2, -0.15) is 0 Å². The van der Waals surface area contributed by atoms with Crippen molar-refractivity contribution in [3.63, 3.8) is 0 Å². The van der Waals surface area contributed by atoms with Crippen LogP contribution in [-0.2, 0) is 5.41 Å². The lowest BCUT2D eigenvalue weighted by atomic mass is 9.67. The van der Waals surface area contributed by atoms with Gasteiger partial charge >= 0.3 is 0 Å². The Morgan fingerprint density at radius 3 is 1.62 bits per heavy atom. The van der Waals surface area contributed by atoms with E-state index in [9.17, 15) is 0 Å². The molecular formula is C61H39NO2. The summed E-state index contributed by atoms with van der Waals surface area (Å²) < 4.78 is 13.7. The molecule has 2 aromatic heterocycles. The van der Waals surface area contributed by atoms with Crippen LogP contribution in [0.1, 0.15) is 22.3 Å². The molecule has 0 fully saturated rings. The van der Waals surface area contributed by atoms with E-state index < -0.39 is 5.41 Å². The molecule has 0 unspecified atom stereocenters. The number of hydrogen-bond acceptors (Lipinski definition) is 3. The minimum atomic E-state index is -0.537. The van der Waals surface area contributed by atoms with Crippen molar-refractivity contribution in [2.24, 2.45) is 0 Å². The maximum absolute atomic E-state index is 7.10. The lowest BCUT2D eigenvalue weighted by Crippen LogP contribution is -2.28. The van der Waals surface area contributed by atoms with E-state index in [-0.39, 0.29) is 0 Å². The third-order valence-corrected chi connectivity index (χ3v) is 13.3. The van der Waals surface area contributed by atoms with Crippen molar-refractivity contribution in [1.82, 2.24) is 0 Å². The molecule has 1 aliphatic rings. The summed E-state index contributed by atoms with van der Waals surface area (Å²) in [6.07, 6.45) is 0. The second-order valence-corrected chi connectivity index (χ2v) is 16.8. The number of furan rings is 2. The van der Waals surface area contributed by atoms with Gasteiger partial charge in [0.1, 0.15) is 22.3 Å². The third kappa shape index (κ3) is 5.41. The zero-order chi connectivity index (χ0) is 42.2. The van der Waals surface area contributed by atoms with Crippen molar-refractivity contribution < 1.29 is 8.83 Å². The van der Waals surface area contributed by atoms with Gasteiger partial charge in [-0.1, -0.05) is 182 Å². The first-order valence-corrected chi connectivity index (χ1v) is 21.9. The normalized spacial score (nSPS) is 12.8. The van der Waals surface area contributed by atoms with Crippen LogP contribution in [0.2, 0.25) is 0 Å². The maximum Gasteiger partial charge on any atom is 0.144 e. The number of anilines is 3. The van der Waals surface area contributed by atoms with Gasteiger partial charge < -0.3 is 13.7 Å². The topological polar surface area (TPSA) is 29.5 Å². The summed E-state index contributed by atoms with van der Waals surface area (Å²) in [4.78, 5) is 2.38. The minimum absolute atomic E-state index is 0.537. The fraction of sp³-hybridized carbons (Fsp3) is 0.0164. The summed E-state index contributed by atoms with van der Waals surface area (Å²) in [5, 5.41) is 4.20. The van der Waals surface area contributed by atoms with Crippen molar-refractivity contribution in [2.45, 2.75) is 5.41 Å². The van der Waals surface area contributed by atoms with Gasteiger partial charge in [0, 0.05) is 50.2 Å². The highest BCUT2D eigenvalue weighted by molar-refractivity contribution is 6.23. The van der Waals surface area contributed by atoms with Crippen LogP contribution in [0.15, 0.2) is 245 Å². The number of rotatable bonds is 7. The summed E-state index contributed by atoms with van der Waals surface area (Å²) in [5.74, 6) is 0. The van der Waals surface area contributed by atoms with Crippen molar-refractivity contribution in [2.75, 3.05) is 4.90 Å². The van der Waals surface area contributed by atoms with E-state index in [4.69, 9.17) is 8.83 Å². The molecule has 3 heteroatoms. The summed E-state index contributed by atoms with van der Waals surface area (Å²) in [5.41, 5.74) is 17.9. The van der Waals surface area contributed by atoms with E-state index in [2.05, 4.69) is 229 Å². The van der Waals surface area contributed by atoms with Gasteiger partial charge in [-0.25, -0.2) is 0 Å². The number of nitrogens with zero attached hydrogens (tertiary/aromatic N) is 1. The largest absolute Gasteiger partial charge is 0.456 e. The van der Waals surface area contributed by atoms with Crippen molar-refractivity contribution >= 4 is 60.9 Å². The van der Waals surface area contributed by atoms with Gasteiger partial charge in [0.15, 0.2) is 0 Å². The second kappa shape index (κ2) is 14.3. The zero-order valence-corrected chi connectivity index (χ0v) is 34.8. The number of para-hydroxylation sites is 1. The Balaban J connectivity index is 1.05. The fourth-order valence-corrected chi connectivity index (χ4v) is 10.6. The summed E-state index contributed by atoms with van der Waals surface area (Å²) >= 11 is 0. The molecule has 0 N–H and O–H groups in total. The smallest absolute Gasteiger partial charge is 0.144 e. The van der Waals surface area contributed by atoms with Gasteiger partial charge in [-0.05, 0) is 98.6 Å². The Morgan fingerprint density at radius 1 is 0.328 bits per heavy atom. The Morgan fingerprint density at radius 2 is 0.891 bits per heavy atom. The second-order valence-electron chi connectivity index (χ2n) is 16.8. The van der Waals surface area contributed by atoms with Gasteiger partial charge in [0.25, 0.3) is 0 Å². The number of hydrogen-bond donors (Lipinski definition) is 0. The first kappa shape index (κ1) is 36.3. The predicted molar refractivity (Wildman–Crippen MR) is 264 cm³/mol. The van der Waals surface area contributed by atoms with Crippen molar-refractivity contribution in [3.8, 4) is 33.4 Å². The van der Waals surface area contributed by atoms with Gasteiger partial charge in [-0.3, -0.25) is 0 Å². The maximum atomic E-state index is 7.10. The van der Waals surface area contributed by atoms with Gasteiger partial charge in [0.2, 0.25) is 0 Å². The Bertz CT molecular complexity index is 3660. The Labute approximate surface area is 370 Å². The lowest BCUT2D eigenvalue weighted by molar-refractivity contribution is 0.664. The molecule has 1 aliphatic carbocycles. The van der Waals surface area contributed by atoms with Crippen molar-refractivity contribution in [3.05, 3.63) is 259 Å². The average molecular weight is 818 g/mol. The SMILES string of the molecule is c1ccc(-c2ccc(N(c3ccc4c(c3)C(c3ccccc3)(c3ccccc3)c3ccccc3-4)c3ccc4c(c3)oc3c(-c5ccccc5)c5c(cc34)oc3ccccc35)cc2)cc1. The molecule has 2 heterocycles. The van der Waals surface area contributed by atoms with Crippen molar-refractivity contribution in [1.29, 1.82) is 0 Å². The van der Waals surface area contributed by atoms with E-state index in [1.807, 2.05) is 12.1 Å². The first-order chi connectivity index (χ1) is 31.7. The number of fused-ring (bicyclic) bond motifs is 9. The van der Waals surface area contributed by atoms with E-state index in [0.29, 0.717) is 0 Å². The number of benzene rings is 10. The zero-order valence-electron chi connectivity index (χ0n) is 34.8. The van der Waals surface area contributed by atoms with Crippen LogP contribution >= 0.6 is 0 Å². The van der Waals surface area contributed by atoms with E-state index >= 15 is 0 Å². The fourth-order valence-electron chi connectivity index (χ4n) is 10.6. The minimum Gasteiger partial charge on any atom is -0.456 e. The average Bonchev–Trinajstić information content (AvgIpc) is 4.02. The highest BCUT2D eigenvalue weighted by Gasteiger charge is 2.46. The monoisotopic (exact) mass is 817 g/mol. The van der Waals surface area contributed by atoms with Crippen LogP contribution < -0.4 is 4.90 Å². The molecule has 300 valence electrons. The molecule has 0 radical (unpaired) electrons. The molecule has 0 saturated heterocycles. The standard InChI is InChI=1S/C61H39NO2/c1-5-17-40(18-6-1)41-29-31-45(32-30-41)62(46-33-35-49-48-25-13-15-27-53(48)61(54(49)37-46,43-21-9-3-10-22-43)44-23-11-4-12-24-44)47-34-36-50-52-39-57-59(51-26-14-16-28-55(51)63-57)58(42-19-7-2-8-20-42)60(52)64-56(50)38-47/h1-39H. The summed E-state index contributed by atoms with van der Waals surface area (Å²) in [7, 11) is 0. The van der Waals surface area contributed by atoms with E-state index in [1.165, 1.54) is 44.5 Å². The lowest BCUT2D eigenvalue weighted by Gasteiger charge is -2.35. The van der Waals surface area contributed by atoms with Gasteiger partial charge in [-0.15, -0.1) is 0 Å². The quantitative estimate of drug-likeness (QED) is 0.160. The molecule has 13 rings (SSSR count). The van der Waals surface area contributed by atoms with Crippen LogP contribution in [0.4, 0.5) is 17.1 Å². The molecule has 0 atom stereocenters. The Hall–Kier alpha value is -8.40. The van der Waals surface area contributed by atoms with Gasteiger partial charge in [0.05, 0.1) is 5.41 Å². The molecule has 64 heavy (non-hydrogen) atoms. The van der Waals surface area contributed by atoms with Crippen LogP contribution in [-0.4, -0.2) is 0 Å². The molecular weight excluding hydrogens is 779 g/mol. The molecule has 0 aliphatic heterocycles. The third-order valence-electron chi connectivity index (χ3n) is 13.3. The molecule has 0 bridgehead atoms. The molecule has 0 amide bonds. The van der Waals surface area contributed by atoms with Crippen LogP contribution in [0, 0.1) is 0 Å².